The van der Waals surface area contributed by atoms with E-state index in [1.165, 1.54) is 67.0 Å². The SMILES string of the molecule is CC(C)c1c(C(=O)NC(c2ccc(F)cc2)C(C)(C)O)cn2nc(-c3cc(Cl)ccc3F)[nH]c(=O)c12. The number of aliphatic hydroxyl groups is 1. The summed E-state index contributed by atoms with van der Waals surface area (Å²) in [6.45, 7) is 6.70. The lowest BCUT2D eigenvalue weighted by atomic mass is 9.91. The highest BCUT2D eigenvalue weighted by molar-refractivity contribution is 6.30. The first kappa shape index (κ1) is 25.5. The molecule has 10 heteroatoms. The highest BCUT2D eigenvalue weighted by atomic mass is 35.5. The van der Waals surface area contributed by atoms with E-state index >= 15 is 0 Å². The topological polar surface area (TPSA) is 99.5 Å². The van der Waals surface area contributed by atoms with Gasteiger partial charge in [-0.3, -0.25) is 9.59 Å². The summed E-state index contributed by atoms with van der Waals surface area (Å²) in [5.41, 5.74) is -0.691. The molecule has 1 atom stereocenters. The molecule has 0 saturated carbocycles. The number of hydrogen-bond donors (Lipinski definition) is 3. The van der Waals surface area contributed by atoms with Crippen molar-refractivity contribution in [3.63, 3.8) is 0 Å². The molecule has 1 amide bonds. The molecule has 0 aliphatic heterocycles. The van der Waals surface area contributed by atoms with Crippen LogP contribution in [0, 0.1) is 11.6 Å². The Labute approximate surface area is 210 Å². The Kier molecular flexibility index (Phi) is 6.72. The predicted molar refractivity (Wildman–Crippen MR) is 133 cm³/mol. The molecule has 36 heavy (non-hydrogen) atoms. The van der Waals surface area contributed by atoms with Crippen LogP contribution in [-0.4, -0.2) is 31.2 Å². The van der Waals surface area contributed by atoms with Crippen molar-refractivity contribution >= 4 is 23.0 Å². The van der Waals surface area contributed by atoms with Gasteiger partial charge in [0.2, 0.25) is 0 Å². The Morgan fingerprint density at radius 3 is 2.44 bits per heavy atom. The summed E-state index contributed by atoms with van der Waals surface area (Å²) in [4.78, 5) is 29.1. The average Bonchev–Trinajstić information content (AvgIpc) is 3.19. The third-order valence-corrected chi connectivity index (χ3v) is 6.11. The first-order chi connectivity index (χ1) is 16.9. The standard InChI is InChI=1S/C26H25ClF2N4O3/c1-13(2)20-18(24(34)30-22(26(3,4)36)14-5-8-16(28)9-6-14)12-33-21(20)25(35)31-23(32-33)17-11-15(27)7-10-19(17)29/h5-13,22,36H,1-4H3,(H,30,34)(H,31,32,35). The molecular weight excluding hydrogens is 490 g/mol. The molecule has 0 spiro atoms. The molecule has 0 saturated heterocycles. The lowest BCUT2D eigenvalue weighted by Crippen LogP contribution is -2.42. The van der Waals surface area contributed by atoms with Crippen molar-refractivity contribution in [2.75, 3.05) is 0 Å². The van der Waals surface area contributed by atoms with Gasteiger partial charge in [0.15, 0.2) is 5.82 Å². The van der Waals surface area contributed by atoms with E-state index < -0.39 is 34.7 Å². The summed E-state index contributed by atoms with van der Waals surface area (Å²) in [5.74, 6) is -1.93. The van der Waals surface area contributed by atoms with Gasteiger partial charge in [0, 0.05) is 16.8 Å². The van der Waals surface area contributed by atoms with Crippen LogP contribution in [0.15, 0.2) is 53.5 Å². The highest BCUT2D eigenvalue weighted by Gasteiger charge is 2.32. The van der Waals surface area contributed by atoms with Gasteiger partial charge in [0.1, 0.15) is 17.2 Å². The summed E-state index contributed by atoms with van der Waals surface area (Å²) in [6, 6.07) is 8.47. The molecule has 2 aromatic carbocycles. The molecule has 0 radical (unpaired) electrons. The molecule has 0 bridgehead atoms. The number of nitrogens with one attached hydrogen (secondary N) is 2. The van der Waals surface area contributed by atoms with Crippen molar-refractivity contribution in [3.05, 3.63) is 92.4 Å². The number of aromatic nitrogens is 3. The number of aromatic amines is 1. The second kappa shape index (κ2) is 9.48. The molecule has 4 aromatic rings. The van der Waals surface area contributed by atoms with Gasteiger partial charge in [-0.15, -0.1) is 5.10 Å². The van der Waals surface area contributed by atoms with Crippen LogP contribution in [0.4, 0.5) is 8.78 Å². The van der Waals surface area contributed by atoms with Gasteiger partial charge in [-0.05, 0) is 55.7 Å². The molecule has 3 N–H and O–H groups in total. The Bertz CT molecular complexity index is 1500. The van der Waals surface area contributed by atoms with E-state index in [1.54, 1.807) is 0 Å². The van der Waals surface area contributed by atoms with Crippen LogP contribution >= 0.6 is 11.6 Å². The maximum atomic E-state index is 14.4. The first-order valence-corrected chi connectivity index (χ1v) is 11.6. The molecule has 0 fully saturated rings. The van der Waals surface area contributed by atoms with Crippen molar-refractivity contribution in [1.29, 1.82) is 0 Å². The quantitative estimate of drug-likeness (QED) is 0.337. The van der Waals surface area contributed by atoms with Gasteiger partial charge >= 0.3 is 0 Å². The van der Waals surface area contributed by atoms with Crippen LogP contribution in [0.1, 0.15) is 61.1 Å². The van der Waals surface area contributed by atoms with E-state index in [2.05, 4.69) is 15.4 Å². The monoisotopic (exact) mass is 514 g/mol. The fraction of sp³-hybridized carbons (Fsp3) is 0.269. The largest absolute Gasteiger partial charge is 0.388 e. The third kappa shape index (κ3) is 4.89. The number of hydrogen-bond acceptors (Lipinski definition) is 4. The van der Waals surface area contributed by atoms with E-state index in [4.69, 9.17) is 11.6 Å². The number of halogens is 3. The zero-order valence-corrected chi connectivity index (χ0v) is 20.8. The molecule has 7 nitrogen and oxygen atoms in total. The van der Waals surface area contributed by atoms with Gasteiger partial charge in [-0.2, -0.15) is 0 Å². The predicted octanol–water partition coefficient (Wildman–Crippen LogP) is 4.99. The summed E-state index contributed by atoms with van der Waals surface area (Å²) < 4.78 is 29.1. The minimum absolute atomic E-state index is 0.00528. The smallest absolute Gasteiger partial charge is 0.275 e. The van der Waals surface area contributed by atoms with Gasteiger partial charge in [0.05, 0.1) is 22.8 Å². The summed E-state index contributed by atoms with van der Waals surface area (Å²) in [7, 11) is 0. The Hall–Kier alpha value is -3.56. The number of fused-ring (bicyclic) bond motifs is 1. The van der Waals surface area contributed by atoms with Crippen molar-refractivity contribution in [1.82, 2.24) is 19.9 Å². The van der Waals surface area contributed by atoms with Gasteiger partial charge < -0.3 is 15.4 Å². The highest BCUT2D eigenvalue weighted by Crippen LogP contribution is 2.30. The van der Waals surface area contributed by atoms with Gasteiger partial charge in [-0.1, -0.05) is 37.6 Å². The van der Waals surface area contributed by atoms with E-state index in [1.807, 2.05) is 13.8 Å². The van der Waals surface area contributed by atoms with Crippen molar-refractivity contribution < 1.29 is 18.7 Å². The van der Waals surface area contributed by atoms with Crippen LogP contribution in [0.25, 0.3) is 16.9 Å². The fourth-order valence-corrected chi connectivity index (χ4v) is 4.38. The molecule has 2 heterocycles. The van der Waals surface area contributed by atoms with E-state index in [0.29, 0.717) is 11.1 Å². The number of carbonyl (C=O) groups is 1. The maximum absolute atomic E-state index is 14.4. The second-order valence-electron chi connectivity index (χ2n) is 9.44. The zero-order valence-electron chi connectivity index (χ0n) is 20.1. The minimum atomic E-state index is -1.39. The van der Waals surface area contributed by atoms with Crippen molar-refractivity contribution in [2.45, 2.75) is 45.3 Å². The average molecular weight is 515 g/mol. The van der Waals surface area contributed by atoms with E-state index in [0.717, 1.165) is 0 Å². The Balaban J connectivity index is 1.82. The Morgan fingerprint density at radius 2 is 1.83 bits per heavy atom. The number of nitrogens with zero attached hydrogens (tertiary/aromatic N) is 2. The van der Waals surface area contributed by atoms with Crippen LogP contribution in [0.5, 0.6) is 0 Å². The van der Waals surface area contributed by atoms with Crippen LogP contribution in [0.3, 0.4) is 0 Å². The molecule has 2 aromatic heterocycles. The van der Waals surface area contributed by atoms with E-state index in [-0.39, 0.29) is 33.4 Å². The normalized spacial score (nSPS) is 12.8. The van der Waals surface area contributed by atoms with Crippen LogP contribution in [-0.2, 0) is 0 Å². The lowest BCUT2D eigenvalue weighted by Gasteiger charge is -2.30. The number of amides is 1. The molecule has 188 valence electrons. The summed E-state index contributed by atoms with van der Waals surface area (Å²) >= 11 is 5.99. The van der Waals surface area contributed by atoms with Gasteiger partial charge in [0.25, 0.3) is 11.5 Å². The van der Waals surface area contributed by atoms with Crippen LogP contribution < -0.4 is 10.9 Å². The number of carbonyl (C=O) groups excluding carboxylic acids is 1. The summed E-state index contributed by atoms with van der Waals surface area (Å²) in [6.07, 6.45) is 1.40. The fourth-order valence-electron chi connectivity index (χ4n) is 4.21. The van der Waals surface area contributed by atoms with Gasteiger partial charge in [-0.25, -0.2) is 13.3 Å². The van der Waals surface area contributed by atoms with E-state index in [9.17, 15) is 23.5 Å². The molecule has 4 rings (SSSR count). The summed E-state index contributed by atoms with van der Waals surface area (Å²) in [5, 5.41) is 18.2. The van der Waals surface area contributed by atoms with Crippen molar-refractivity contribution in [3.8, 4) is 11.4 Å². The maximum Gasteiger partial charge on any atom is 0.275 e. The molecule has 1 unspecified atom stereocenters. The zero-order chi connectivity index (χ0) is 26.4. The molecule has 0 aliphatic rings. The number of rotatable bonds is 6. The lowest BCUT2D eigenvalue weighted by molar-refractivity contribution is 0.0343. The number of benzene rings is 2. The van der Waals surface area contributed by atoms with Crippen molar-refractivity contribution in [2.24, 2.45) is 0 Å². The Morgan fingerprint density at radius 1 is 1.17 bits per heavy atom. The molecule has 0 aliphatic carbocycles. The first-order valence-electron chi connectivity index (χ1n) is 11.3. The second-order valence-corrected chi connectivity index (χ2v) is 9.88. The number of H-pyrrole nitrogens is 1. The molecular formula is C26H25ClF2N4O3. The van der Waals surface area contributed by atoms with Crippen LogP contribution in [0.2, 0.25) is 5.02 Å². The minimum Gasteiger partial charge on any atom is -0.388 e. The third-order valence-electron chi connectivity index (χ3n) is 5.87.